The molecule has 0 saturated carbocycles. The molecule has 0 aliphatic rings. The van der Waals surface area contributed by atoms with Crippen LogP contribution in [0.25, 0.3) is 0 Å². The first-order valence-corrected chi connectivity index (χ1v) is 8.71. The zero-order valence-electron chi connectivity index (χ0n) is 15.1. The summed E-state index contributed by atoms with van der Waals surface area (Å²) in [6.45, 7) is 3.49. The van der Waals surface area contributed by atoms with Crippen LogP contribution in [0.3, 0.4) is 0 Å². The number of anilines is 1. The quantitative estimate of drug-likeness (QED) is 0.688. The highest BCUT2D eigenvalue weighted by Gasteiger charge is 2.38. The summed E-state index contributed by atoms with van der Waals surface area (Å²) in [6.07, 6.45) is -2.97. The predicted molar refractivity (Wildman–Crippen MR) is 98.1 cm³/mol. The van der Waals surface area contributed by atoms with E-state index >= 15 is 0 Å². The van der Waals surface area contributed by atoms with Gasteiger partial charge in [0, 0.05) is 12.3 Å². The maximum absolute atomic E-state index is 12.9. The third kappa shape index (κ3) is 4.36. The summed E-state index contributed by atoms with van der Waals surface area (Å²) >= 11 is 5.68. The minimum atomic E-state index is -4.68. The molecule has 0 spiro atoms. The molecule has 2 aromatic heterocycles. The number of rotatable bonds is 5. The Balaban J connectivity index is 1.66. The fourth-order valence-electron chi connectivity index (χ4n) is 2.66. The lowest BCUT2D eigenvalue weighted by Gasteiger charge is -2.06. The molecular weight excluding hydrogens is 395 g/mol. The number of halogens is 4. The Morgan fingerprint density at radius 2 is 1.89 bits per heavy atom. The van der Waals surface area contributed by atoms with Gasteiger partial charge < -0.3 is 5.32 Å². The molecule has 148 valence electrons. The molecular formula is C18H17ClF3N5O. The normalized spacial score (nSPS) is 11.6. The van der Waals surface area contributed by atoms with E-state index in [0.717, 1.165) is 15.8 Å². The summed E-state index contributed by atoms with van der Waals surface area (Å²) in [6, 6.07) is 9.47. The monoisotopic (exact) mass is 411 g/mol. The van der Waals surface area contributed by atoms with Crippen LogP contribution in [0.15, 0.2) is 36.5 Å². The molecule has 6 nitrogen and oxygen atoms in total. The maximum atomic E-state index is 12.9. The van der Waals surface area contributed by atoms with Crippen molar-refractivity contribution < 1.29 is 18.0 Å². The zero-order chi connectivity index (χ0) is 20.5. The van der Waals surface area contributed by atoms with Crippen molar-refractivity contribution >= 4 is 23.3 Å². The Morgan fingerprint density at radius 3 is 2.54 bits per heavy atom. The molecule has 3 rings (SSSR count). The van der Waals surface area contributed by atoms with Gasteiger partial charge in [0.15, 0.2) is 11.5 Å². The zero-order valence-corrected chi connectivity index (χ0v) is 15.8. The van der Waals surface area contributed by atoms with E-state index in [1.54, 1.807) is 16.9 Å². The van der Waals surface area contributed by atoms with Crippen molar-refractivity contribution in [1.29, 1.82) is 0 Å². The Hall–Kier alpha value is -2.81. The number of hydrogen-bond acceptors (Lipinski definition) is 3. The van der Waals surface area contributed by atoms with E-state index < -0.39 is 29.3 Å². The second kappa shape index (κ2) is 7.67. The van der Waals surface area contributed by atoms with Gasteiger partial charge in [-0.1, -0.05) is 35.9 Å². The van der Waals surface area contributed by atoms with E-state index in [1.165, 1.54) is 6.92 Å². The van der Waals surface area contributed by atoms with Crippen molar-refractivity contribution in [3.8, 4) is 0 Å². The lowest BCUT2D eigenvalue weighted by atomic mass is 10.1. The standard InChI is InChI=1S/C18H17ClF3N5O/c1-11-5-3-4-6-13(11)9-26-8-7-14(24-26)23-15(28)10-27-12(2)16(19)17(25-27)18(20,21)22/h3-8H,9-10H2,1-2H3,(H,23,24,28). The summed E-state index contributed by atoms with van der Waals surface area (Å²) in [7, 11) is 0. The van der Waals surface area contributed by atoms with E-state index in [-0.39, 0.29) is 5.69 Å². The van der Waals surface area contributed by atoms with Gasteiger partial charge in [-0.2, -0.15) is 23.4 Å². The highest BCUT2D eigenvalue weighted by Crippen LogP contribution is 2.35. The number of alkyl halides is 3. The third-order valence-corrected chi connectivity index (χ3v) is 4.65. The van der Waals surface area contributed by atoms with Crippen molar-refractivity contribution in [2.45, 2.75) is 33.1 Å². The van der Waals surface area contributed by atoms with Gasteiger partial charge in [-0.05, 0) is 25.0 Å². The second-order valence-corrected chi connectivity index (χ2v) is 6.65. The van der Waals surface area contributed by atoms with Gasteiger partial charge in [0.2, 0.25) is 5.91 Å². The molecule has 0 bridgehead atoms. The first-order valence-electron chi connectivity index (χ1n) is 8.33. The lowest BCUT2D eigenvalue weighted by Crippen LogP contribution is -2.21. The highest BCUT2D eigenvalue weighted by molar-refractivity contribution is 6.32. The van der Waals surface area contributed by atoms with Gasteiger partial charge in [-0.3, -0.25) is 14.2 Å². The smallest absolute Gasteiger partial charge is 0.308 e. The molecule has 1 aromatic carbocycles. The molecule has 28 heavy (non-hydrogen) atoms. The summed E-state index contributed by atoms with van der Waals surface area (Å²) in [5.74, 6) is -0.261. The largest absolute Gasteiger partial charge is 0.436 e. The summed E-state index contributed by atoms with van der Waals surface area (Å²) in [5, 5.41) is 9.71. The second-order valence-electron chi connectivity index (χ2n) is 6.28. The first kappa shape index (κ1) is 19.9. The minimum Gasteiger partial charge on any atom is -0.308 e. The first-order chi connectivity index (χ1) is 13.1. The van der Waals surface area contributed by atoms with Crippen LogP contribution in [0.2, 0.25) is 5.02 Å². The van der Waals surface area contributed by atoms with Crippen LogP contribution in [0.5, 0.6) is 0 Å². The average molecular weight is 412 g/mol. The number of nitrogens with zero attached hydrogens (tertiary/aromatic N) is 4. The van der Waals surface area contributed by atoms with E-state index in [1.807, 2.05) is 31.2 Å². The van der Waals surface area contributed by atoms with E-state index in [0.29, 0.717) is 12.4 Å². The number of aromatic nitrogens is 4. The molecule has 0 atom stereocenters. The molecule has 0 unspecified atom stereocenters. The van der Waals surface area contributed by atoms with E-state index in [9.17, 15) is 18.0 Å². The number of carbonyl (C=O) groups is 1. The van der Waals surface area contributed by atoms with Crippen LogP contribution in [-0.4, -0.2) is 25.5 Å². The number of carbonyl (C=O) groups excluding carboxylic acids is 1. The van der Waals surface area contributed by atoms with Crippen molar-refractivity contribution in [1.82, 2.24) is 19.6 Å². The molecule has 0 aliphatic heterocycles. The van der Waals surface area contributed by atoms with Gasteiger partial charge in [-0.15, -0.1) is 0 Å². The number of aryl methyl sites for hydroxylation is 1. The number of hydrogen-bond donors (Lipinski definition) is 1. The minimum absolute atomic E-state index is 0.0641. The van der Waals surface area contributed by atoms with Gasteiger partial charge >= 0.3 is 6.18 Å². The van der Waals surface area contributed by atoms with Crippen molar-refractivity contribution in [3.05, 3.63) is 64.1 Å². The van der Waals surface area contributed by atoms with Crippen LogP contribution >= 0.6 is 11.6 Å². The molecule has 0 aliphatic carbocycles. The summed E-state index contributed by atoms with van der Waals surface area (Å²) in [5.41, 5.74) is 1.07. The lowest BCUT2D eigenvalue weighted by molar-refractivity contribution is -0.141. The van der Waals surface area contributed by atoms with Crippen molar-refractivity contribution in [2.75, 3.05) is 5.32 Å². The molecule has 10 heteroatoms. The van der Waals surface area contributed by atoms with Gasteiger partial charge in [0.25, 0.3) is 0 Å². The van der Waals surface area contributed by atoms with Gasteiger partial charge in [0.05, 0.1) is 17.3 Å². The van der Waals surface area contributed by atoms with Gasteiger partial charge in [-0.25, -0.2) is 0 Å². The Kier molecular flexibility index (Phi) is 5.46. The SMILES string of the molecule is Cc1ccccc1Cn1ccc(NC(=O)Cn2nc(C(F)(F)F)c(Cl)c2C)n1. The summed E-state index contributed by atoms with van der Waals surface area (Å²) < 4.78 is 41.2. The molecule has 2 heterocycles. The Morgan fingerprint density at radius 1 is 1.18 bits per heavy atom. The fourth-order valence-corrected chi connectivity index (χ4v) is 2.90. The maximum Gasteiger partial charge on any atom is 0.436 e. The number of nitrogens with one attached hydrogen (secondary N) is 1. The number of amides is 1. The van der Waals surface area contributed by atoms with Crippen molar-refractivity contribution in [3.63, 3.8) is 0 Å². The molecule has 1 N–H and O–H groups in total. The van der Waals surface area contributed by atoms with Crippen LogP contribution in [0.4, 0.5) is 19.0 Å². The molecule has 1 amide bonds. The Bertz CT molecular complexity index is 1010. The average Bonchev–Trinajstić information content (AvgIpc) is 3.16. The predicted octanol–water partition coefficient (Wildman–Crippen LogP) is 4.06. The van der Waals surface area contributed by atoms with Crippen LogP contribution in [-0.2, 0) is 24.1 Å². The molecule has 0 fully saturated rings. The molecule has 0 radical (unpaired) electrons. The van der Waals surface area contributed by atoms with E-state index in [4.69, 9.17) is 11.6 Å². The summed E-state index contributed by atoms with van der Waals surface area (Å²) in [4.78, 5) is 12.2. The molecule has 3 aromatic rings. The highest BCUT2D eigenvalue weighted by atomic mass is 35.5. The van der Waals surface area contributed by atoms with Crippen LogP contribution in [0, 0.1) is 13.8 Å². The number of benzene rings is 1. The molecule has 0 saturated heterocycles. The van der Waals surface area contributed by atoms with Crippen LogP contribution in [0.1, 0.15) is 22.5 Å². The van der Waals surface area contributed by atoms with Gasteiger partial charge in [0.1, 0.15) is 6.54 Å². The van der Waals surface area contributed by atoms with Crippen molar-refractivity contribution in [2.24, 2.45) is 0 Å². The Labute approximate surface area is 163 Å². The fraction of sp³-hybridized carbons (Fsp3) is 0.278. The van der Waals surface area contributed by atoms with Crippen LogP contribution < -0.4 is 5.32 Å². The topological polar surface area (TPSA) is 64.7 Å². The third-order valence-electron chi connectivity index (χ3n) is 4.20. The van der Waals surface area contributed by atoms with E-state index in [2.05, 4.69) is 15.5 Å².